The van der Waals surface area contributed by atoms with Crippen molar-refractivity contribution in [2.75, 3.05) is 0 Å². The lowest BCUT2D eigenvalue weighted by Crippen LogP contribution is -2.42. The van der Waals surface area contributed by atoms with E-state index in [2.05, 4.69) is 0 Å². The molecule has 1 heterocycles. The molecule has 0 radical (unpaired) electrons. The van der Waals surface area contributed by atoms with Crippen LogP contribution in [0.1, 0.15) is 19.8 Å². The number of hydrogen-bond acceptors (Lipinski definition) is 2. The minimum atomic E-state index is -1.11. The van der Waals surface area contributed by atoms with E-state index in [0.717, 1.165) is 11.3 Å². The maximum atomic E-state index is 10.8. The zero-order valence-corrected chi connectivity index (χ0v) is 7.23. The molecule has 3 atom stereocenters. The van der Waals surface area contributed by atoms with Crippen LogP contribution in [0, 0.1) is 5.41 Å². The van der Waals surface area contributed by atoms with E-state index < -0.39 is 18.1 Å². The average Bonchev–Trinajstić information content (AvgIpc) is 2.52. The van der Waals surface area contributed by atoms with Crippen LogP contribution in [0.4, 0.5) is 4.79 Å². The Morgan fingerprint density at radius 2 is 2.00 bits per heavy atom. The van der Waals surface area contributed by atoms with Gasteiger partial charge in [-0.1, -0.05) is 6.92 Å². The van der Waals surface area contributed by atoms with Crippen LogP contribution >= 0.6 is 0 Å². The number of carboxylic acid groups (broad SMARTS) is 2. The lowest BCUT2D eigenvalue weighted by Gasteiger charge is -2.20. The second-order valence-electron chi connectivity index (χ2n) is 4.12. The van der Waals surface area contributed by atoms with Gasteiger partial charge in [-0.25, -0.2) is 9.59 Å². The number of aliphatic carboxylic acids is 1. The van der Waals surface area contributed by atoms with E-state index in [1.807, 2.05) is 6.92 Å². The SMILES string of the molecule is C[C@@]12C[C@@H](C(=O)O)N(C(=O)O)[C@@H]1C2. The van der Waals surface area contributed by atoms with Crippen molar-refractivity contribution in [3.63, 3.8) is 0 Å². The molecule has 1 aliphatic carbocycles. The fraction of sp³-hybridized carbons (Fsp3) is 0.750. The molecule has 2 rings (SSSR count). The molecular formula is C8H11NO4. The van der Waals surface area contributed by atoms with Gasteiger partial charge in [0.2, 0.25) is 0 Å². The molecule has 0 unspecified atom stereocenters. The molecule has 2 fully saturated rings. The van der Waals surface area contributed by atoms with Gasteiger partial charge in [0.15, 0.2) is 0 Å². The molecule has 5 nitrogen and oxygen atoms in total. The second kappa shape index (κ2) is 2.16. The van der Waals surface area contributed by atoms with Crippen LogP contribution in [-0.2, 0) is 4.79 Å². The van der Waals surface area contributed by atoms with E-state index in [1.165, 1.54) is 0 Å². The number of fused-ring (bicyclic) bond motifs is 1. The summed E-state index contributed by atoms with van der Waals surface area (Å²) >= 11 is 0. The van der Waals surface area contributed by atoms with E-state index in [9.17, 15) is 9.59 Å². The molecule has 2 aliphatic rings. The number of rotatable bonds is 1. The Labute approximate surface area is 75.0 Å². The molecule has 1 saturated carbocycles. The first-order valence-electron chi connectivity index (χ1n) is 4.20. The third-order valence-corrected chi connectivity index (χ3v) is 3.14. The molecule has 72 valence electrons. The van der Waals surface area contributed by atoms with Crippen LogP contribution in [0.3, 0.4) is 0 Å². The highest BCUT2D eigenvalue weighted by Crippen LogP contribution is 2.59. The number of hydrogen-bond donors (Lipinski definition) is 2. The quantitative estimate of drug-likeness (QED) is 0.627. The molecule has 1 aliphatic heterocycles. The van der Waals surface area contributed by atoms with Crippen molar-refractivity contribution in [2.45, 2.75) is 31.8 Å². The van der Waals surface area contributed by atoms with Crippen molar-refractivity contribution < 1.29 is 19.8 Å². The molecule has 0 aromatic heterocycles. The van der Waals surface area contributed by atoms with Crippen molar-refractivity contribution in [1.82, 2.24) is 4.90 Å². The smallest absolute Gasteiger partial charge is 0.408 e. The van der Waals surface area contributed by atoms with Crippen LogP contribution in [0.25, 0.3) is 0 Å². The third kappa shape index (κ3) is 0.993. The minimum absolute atomic E-state index is 0.0638. The number of amides is 1. The molecule has 1 amide bonds. The van der Waals surface area contributed by atoms with Gasteiger partial charge >= 0.3 is 12.1 Å². The zero-order chi connectivity index (χ0) is 9.80. The summed E-state index contributed by atoms with van der Waals surface area (Å²) in [7, 11) is 0. The van der Waals surface area contributed by atoms with Crippen molar-refractivity contribution in [3.05, 3.63) is 0 Å². The lowest BCUT2D eigenvalue weighted by atomic mass is 10.0. The van der Waals surface area contributed by atoms with Crippen molar-refractivity contribution in [3.8, 4) is 0 Å². The third-order valence-electron chi connectivity index (χ3n) is 3.14. The van der Waals surface area contributed by atoms with Crippen LogP contribution < -0.4 is 0 Å². The van der Waals surface area contributed by atoms with Crippen molar-refractivity contribution in [2.24, 2.45) is 5.41 Å². The highest BCUT2D eigenvalue weighted by atomic mass is 16.4. The molecule has 0 aromatic rings. The lowest BCUT2D eigenvalue weighted by molar-refractivity contribution is -0.142. The number of nitrogens with zero attached hydrogens (tertiary/aromatic N) is 1. The summed E-state index contributed by atoms with van der Waals surface area (Å²) in [6.45, 7) is 1.94. The summed E-state index contributed by atoms with van der Waals surface area (Å²) in [6.07, 6.45) is 0.154. The highest BCUT2D eigenvalue weighted by Gasteiger charge is 2.64. The van der Waals surface area contributed by atoms with Gasteiger partial charge in [-0.15, -0.1) is 0 Å². The molecule has 0 spiro atoms. The highest BCUT2D eigenvalue weighted by molar-refractivity contribution is 5.81. The van der Waals surface area contributed by atoms with Gasteiger partial charge in [0, 0.05) is 6.04 Å². The summed E-state index contributed by atoms with van der Waals surface area (Å²) in [5, 5.41) is 17.6. The van der Waals surface area contributed by atoms with E-state index in [4.69, 9.17) is 10.2 Å². The predicted molar refractivity (Wildman–Crippen MR) is 42.4 cm³/mol. The Kier molecular flexibility index (Phi) is 1.38. The number of carboxylic acids is 1. The van der Waals surface area contributed by atoms with Gasteiger partial charge in [0.1, 0.15) is 6.04 Å². The molecule has 13 heavy (non-hydrogen) atoms. The van der Waals surface area contributed by atoms with E-state index in [1.54, 1.807) is 0 Å². The minimum Gasteiger partial charge on any atom is -0.480 e. The Hall–Kier alpha value is -1.26. The normalized spacial score (nSPS) is 41.5. The fourth-order valence-electron chi connectivity index (χ4n) is 2.27. The maximum Gasteiger partial charge on any atom is 0.408 e. The van der Waals surface area contributed by atoms with Gasteiger partial charge in [0.05, 0.1) is 0 Å². The standard InChI is InChI=1S/C8H11NO4/c1-8-2-4(6(10)11)9(7(12)13)5(8)3-8/h4-5H,2-3H2,1H3,(H,10,11)(H,12,13)/t4-,5+,8-/m0/s1. The maximum absolute atomic E-state index is 10.8. The number of piperidine rings is 1. The Balaban J connectivity index is 2.22. The number of carbonyl (C=O) groups is 2. The van der Waals surface area contributed by atoms with Gasteiger partial charge in [0.25, 0.3) is 0 Å². The first kappa shape index (κ1) is 8.34. The summed E-state index contributed by atoms with van der Waals surface area (Å²) in [6, 6.07) is -0.896. The zero-order valence-electron chi connectivity index (χ0n) is 7.23. The summed E-state index contributed by atoms with van der Waals surface area (Å²) in [5.74, 6) is -1.03. The van der Waals surface area contributed by atoms with Crippen molar-refractivity contribution in [1.29, 1.82) is 0 Å². The van der Waals surface area contributed by atoms with Crippen molar-refractivity contribution >= 4 is 12.1 Å². The molecule has 5 heteroatoms. The fourth-order valence-corrected chi connectivity index (χ4v) is 2.27. The van der Waals surface area contributed by atoms with Crippen LogP contribution in [0.15, 0.2) is 0 Å². The predicted octanol–water partition coefficient (Wildman–Crippen LogP) is 0.602. The largest absolute Gasteiger partial charge is 0.480 e. The Morgan fingerprint density at radius 1 is 1.38 bits per heavy atom. The molecule has 0 aromatic carbocycles. The Bertz CT molecular complexity index is 290. The summed E-state index contributed by atoms with van der Waals surface area (Å²) in [5.41, 5.74) is -0.0680. The van der Waals surface area contributed by atoms with Gasteiger partial charge in [-0.3, -0.25) is 4.90 Å². The van der Waals surface area contributed by atoms with Crippen LogP contribution in [0.2, 0.25) is 0 Å². The second-order valence-corrected chi connectivity index (χ2v) is 4.12. The topological polar surface area (TPSA) is 77.8 Å². The van der Waals surface area contributed by atoms with E-state index >= 15 is 0 Å². The molecule has 2 N–H and O–H groups in total. The Morgan fingerprint density at radius 3 is 2.38 bits per heavy atom. The molecule has 0 bridgehead atoms. The first-order valence-corrected chi connectivity index (χ1v) is 4.20. The average molecular weight is 185 g/mol. The summed E-state index contributed by atoms with van der Waals surface area (Å²) < 4.78 is 0. The summed E-state index contributed by atoms with van der Waals surface area (Å²) in [4.78, 5) is 22.6. The molecule has 1 saturated heterocycles. The van der Waals surface area contributed by atoms with E-state index in [0.29, 0.717) is 6.42 Å². The van der Waals surface area contributed by atoms with Crippen LogP contribution in [0.5, 0.6) is 0 Å². The monoisotopic (exact) mass is 185 g/mol. The van der Waals surface area contributed by atoms with Gasteiger partial charge in [-0.05, 0) is 18.3 Å². The van der Waals surface area contributed by atoms with Gasteiger partial charge in [-0.2, -0.15) is 0 Å². The molecular weight excluding hydrogens is 174 g/mol. The van der Waals surface area contributed by atoms with Gasteiger partial charge < -0.3 is 10.2 Å². The van der Waals surface area contributed by atoms with E-state index in [-0.39, 0.29) is 11.5 Å². The number of likely N-dealkylation sites (tertiary alicyclic amines) is 1. The van der Waals surface area contributed by atoms with Crippen LogP contribution in [-0.4, -0.2) is 39.3 Å². The first-order chi connectivity index (χ1) is 5.96.